The molecule has 20 heavy (non-hydrogen) atoms. The largest absolute Gasteiger partial charge is 0.309 e. The van der Waals surface area contributed by atoms with E-state index in [1.807, 2.05) is 0 Å². The van der Waals surface area contributed by atoms with E-state index in [1.54, 1.807) is 6.42 Å². The molecular formula is C18H32N2. The van der Waals surface area contributed by atoms with Crippen molar-refractivity contribution in [2.24, 2.45) is 23.7 Å². The smallest absolute Gasteiger partial charge is 0.0335 e. The molecule has 2 heteroatoms. The first-order chi connectivity index (χ1) is 9.46. The van der Waals surface area contributed by atoms with Crippen molar-refractivity contribution in [2.45, 2.75) is 70.4 Å². The summed E-state index contributed by atoms with van der Waals surface area (Å²) in [6, 6.07) is 0. The molecule has 0 aromatic carbocycles. The lowest BCUT2D eigenvalue weighted by atomic mass is 9.82. The lowest BCUT2D eigenvalue weighted by molar-refractivity contribution is -0.00565. The van der Waals surface area contributed by atoms with Gasteiger partial charge in [-0.25, -0.2) is 0 Å². The van der Waals surface area contributed by atoms with Gasteiger partial charge >= 0.3 is 0 Å². The normalized spacial score (nSPS) is 47.9. The second-order valence-corrected chi connectivity index (χ2v) is 9.18. The number of hydrogen-bond donors (Lipinski definition) is 1. The fourth-order valence-corrected chi connectivity index (χ4v) is 5.51. The Labute approximate surface area is 124 Å². The van der Waals surface area contributed by atoms with E-state index in [0.29, 0.717) is 11.1 Å². The van der Waals surface area contributed by atoms with Gasteiger partial charge in [0, 0.05) is 30.7 Å². The van der Waals surface area contributed by atoms with Gasteiger partial charge < -0.3 is 5.32 Å². The van der Waals surface area contributed by atoms with Crippen LogP contribution in [0.1, 0.15) is 59.3 Å². The number of fused-ring (bicyclic) bond motifs is 2. The van der Waals surface area contributed by atoms with E-state index in [4.69, 9.17) is 0 Å². The van der Waals surface area contributed by atoms with Crippen LogP contribution in [0.5, 0.6) is 0 Å². The molecule has 1 N–H and O–H groups in total. The Morgan fingerprint density at radius 2 is 1.85 bits per heavy atom. The van der Waals surface area contributed by atoms with Gasteiger partial charge in [0.25, 0.3) is 0 Å². The monoisotopic (exact) mass is 276 g/mol. The summed E-state index contributed by atoms with van der Waals surface area (Å²) in [6.07, 6.45) is 9.09. The molecule has 0 amide bonds. The van der Waals surface area contributed by atoms with Crippen molar-refractivity contribution in [1.29, 1.82) is 0 Å². The van der Waals surface area contributed by atoms with Crippen molar-refractivity contribution < 1.29 is 0 Å². The summed E-state index contributed by atoms with van der Waals surface area (Å²) >= 11 is 0. The summed E-state index contributed by atoms with van der Waals surface area (Å²) < 4.78 is 0. The second kappa shape index (κ2) is 4.46. The molecule has 3 saturated carbocycles. The Morgan fingerprint density at radius 1 is 1.05 bits per heavy atom. The summed E-state index contributed by atoms with van der Waals surface area (Å²) in [5.74, 6) is 4.14. The van der Waals surface area contributed by atoms with Gasteiger partial charge in [0.1, 0.15) is 0 Å². The summed E-state index contributed by atoms with van der Waals surface area (Å²) in [6.45, 7) is 11.1. The van der Waals surface area contributed by atoms with Gasteiger partial charge in [-0.15, -0.1) is 0 Å². The topological polar surface area (TPSA) is 15.3 Å². The standard InChI is InChI=1S/C18H32N2/c1-17(2)12-20(18(3,11-19-17)16-6-7-16)10-15-9-13-4-5-14(15)8-13/h13-16,19H,4-12H2,1-3H3. The van der Waals surface area contributed by atoms with Crippen molar-refractivity contribution in [1.82, 2.24) is 10.2 Å². The zero-order valence-electron chi connectivity index (χ0n) is 13.6. The van der Waals surface area contributed by atoms with E-state index in [1.165, 1.54) is 51.7 Å². The molecule has 0 aromatic rings. The highest BCUT2D eigenvalue weighted by molar-refractivity contribution is 5.08. The maximum Gasteiger partial charge on any atom is 0.0335 e. The maximum atomic E-state index is 3.82. The predicted molar refractivity (Wildman–Crippen MR) is 83.7 cm³/mol. The molecule has 4 atom stereocenters. The van der Waals surface area contributed by atoms with Gasteiger partial charge in [0.2, 0.25) is 0 Å². The van der Waals surface area contributed by atoms with Crippen molar-refractivity contribution in [3.8, 4) is 0 Å². The molecule has 4 fully saturated rings. The third-order valence-corrected chi connectivity index (χ3v) is 7.03. The zero-order chi connectivity index (χ0) is 14.0. The molecule has 4 aliphatic rings. The van der Waals surface area contributed by atoms with Gasteiger partial charge in [0.15, 0.2) is 0 Å². The molecule has 2 nitrogen and oxygen atoms in total. The molecule has 3 aliphatic carbocycles. The average molecular weight is 276 g/mol. The highest BCUT2D eigenvalue weighted by atomic mass is 15.3. The van der Waals surface area contributed by atoms with Crippen molar-refractivity contribution in [2.75, 3.05) is 19.6 Å². The van der Waals surface area contributed by atoms with Crippen LogP contribution in [0.3, 0.4) is 0 Å². The Hall–Kier alpha value is -0.0800. The lowest BCUT2D eigenvalue weighted by Crippen LogP contribution is -2.68. The van der Waals surface area contributed by atoms with Crippen LogP contribution in [0.2, 0.25) is 0 Å². The summed E-state index contributed by atoms with van der Waals surface area (Å²) in [5.41, 5.74) is 0.739. The van der Waals surface area contributed by atoms with Crippen LogP contribution < -0.4 is 5.32 Å². The number of piperazine rings is 1. The number of nitrogens with zero attached hydrogens (tertiary/aromatic N) is 1. The molecule has 114 valence electrons. The number of nitrogens with one attached hydrogen (secondary N) is 1. The van der Waals surface area contributed by atoms with Crippen LogP contribution in [-0.2, 0) is 0 Å². The van der Waals surface area contributed by atoms with E-state index in [2.05, 4.69) is 31.0 Å². The molecule has 1 aliphatic heterocycles. The molecule has 0 radical (unpaired) electrons. The van der Waals surface area contributed by atoms with E-state index < -0.39 is 0 Å². The van der Waals surface area contributed by atoms with Gasteiger partial charge in [-0.2, -0.15) is 0 Å². The van der Waals surface area contributed by atoms with E-state index in [9.17, 15) is 0 Å². The molecule has 0 aromatic heterocycles. The van der Waals surface area contributed by atoms with Crippen molar-refractivity contribution >= 4 is 0 Å². The maximum absolute atomic E-state index is 3.82. The first-order valence-corrected chi connectivity index (χ1v) is 8.96. The fourth-order valence-electron chi connectivity index (χ4n) is 5.51. The van der Waals surface area contributed by atoms with Crippen LogP contribution >= 0.6 is 0 Å². The van der Waals surface area contributed by atoms with Crippen LogP contribution in [-0.4, -0.2) is 35.6 Å². The van der Waals surface area contributed by atoms with Gasteiger partial charge in [-0.1, -0.05) is 6.42 Å². The van der Waals surface area contributed by atoms with E-state index >= 15 is 0 Å². The summed E-state index contributed by atoms with van der Waals surface area (Å²) in [7, 11) is 0. The first kappa shape index (κ1) is 13.6. The third-order valence-electron chi connectivity index (χ3n) is 7.03. The summed E-state index contributed by atoms with van der Waals surface area (Å²) in [4.78, 5) is 2.91. The minimum absolute atomic E-state index is 0.298. The van der Waals surface area contributed by atoms with Crippen LogP contribution in [0, 0.1) is 23.7 Å². The van der Waals surface area contributed by atoms with Crippen LogP contribution in [0.15, 0.2) is 0 Å². The third kappa shape index (κ3) is 2.23. The summed E-state index contributed by atoms with van der Waals surface area (Å²) in [5, 5.41) is 3.82. The molecule has 0 spiro atoms. The molecule has 1 saturated heterocycles. The van der Waals surface area contributed by atoms with E-state index in [-0.39, 0.29) is 0 Å². The minimum Gasteiger partial charge on any atom is -0.309 e. The van der Waals surface area contributed by atoms with Crippen LogP contribution in [0.25, 0.3) is 0 Å². The molecule has 1 heterocycles. The Kier molecular flexibility index (Phi) is 3.03. The minimum atomic E-state index is 0.298. The van der Waals surface area contributed by atoms with Crippen LogP contribution in [0.4, 0.5) is 0 Å². The molecule has 4 rings (SSSR count). The van der Waals surface area contributed by atoms with Gasteiger partial charge in [-0.3, -0.25) is 4.90 Å². The Morgan fingerprint density at radius 3 is 2.45 bits per heavy atom. The number of hydrogen-bond acceptors (Lipinski definition) is 2. The van der Waals surface area contributed by atoms with Crippen molar-refractivity contribution in [3.63, 3.8) is 0 Å². The molecule has 2 bridgehead atoms. The molecule has 4 unspecified atom stereocenters. The van der Waals surface area contributed by atoms with E-state index in [0.717, 1.165) is 23.7 Å². The lowest BCUT2D eigenvalue weighted by Gasteiger charge is -2.53. The average Bonchev–Trinajstić information content (AvgIpc) is 3.06. The van der Waals surface area contributed by atoms with Gasteiger partial charge in [0.05, 0.1) is 0 Å². The fraction of sp³-hybridized carbons (Fsp3) is 1.00. The number of rotatable bonds is 3. The highest BCUT2D eigenvalue weighted by Crippen LogP contribution is 2.50. The quantitative estimate of drug-likeness (QED) is 0.851. The highest BCUT2D eigenvalue weighted by Gasteiger charge is 2.51. The zero-order valence-corrected chi connectivity index (χ0v) is 13.6. The van der Waals surface area contributed by atoms with Crippen molar-refractivity contribution in [3.05, 3.63) is 0 Å². The first-order valence-electron chi connectivity index (χ1n) is 8.96. The Balaban J connectivity index is 1.50. The second-order valence-electron chi connectivity index (χ2n) is 9.18. The Bertz CT molecular complexity index is 387. The molecular weight excluding hydrogens is 244 g/mol. The predicted octanol–water partition coefficient (Wildman–Crippen LogP) is 3.28. The SMILES string of the molecule is CC1(C)CN(CC2CC3CCC2C3)C(C)(C2CC2)CN1. The van der Waals surface area contributed by atoms with Gasteiger partial charge in [-0.05, 0) is 76.5 Å².